The van der Waals surface area contributed by atoms with E-state index in [-0.39, 0.29) is 6.04 Å². The van der Waals surface area contributed by atoms with Crippen molar-refractivity contribution in [3.8, 4) is 0 Å². The first-order chi connectivity index (χ1) is 9.76. The molecule has 4 heteroatoms. The Hall–Kier alpha value is -1.23. The molecule has 0 saturated heterocycles. The zero-order valence-electron chi connectivity index (χ0n) is 11.3. The summed E-state index contributed by atoms with van der Waals surface area (Å²) in [6.07, 6.45) is 8.20. The number of aromatic nitrogens is 1. The Morgan fingerprint density at radius 1 is 1.20 bits per heavy atom. The van der Waals surface area contributed by atoms with Crippen LogP contribution in [0.3, 0.4) is 0 Å². The molecule has 1 aliphatic carbocycles. The van der Waals surface area contributed by atoms with Crippen molar-refractivity contribution in [2.24, 2.45) is 5.84 Å². The van der Waals surface area contributed by atoms with E-state index in [2.05, 4.69) is 50.6 Å². The van der Waals surface area contributed by atoms with Crippen LogP contribution in [0.25, 0.3) is 0 Å². The lowest BCUT2D eigenvalue weighted by Crippen LogP contribution is -2.29. The van der Waals surface area contributed by atoms with E-state index in [1.165, 1.54) is 41.5 Å². The molecule has 0 saturated carbocycles. The van der Waals surface area contributed by atoms with E-state index < -0.39 is 0 Å². The van der Waals surface area contributed by atoms with Gasteiger partial charge in [0.1, 0.15) is 0 Å². The number of nitrogens with one attached hydrogen (secondary N) is 1. The number of rotatable bonds is 4. The van der Waals surface area contributed by atoms with Crippen molar-refractivity contribution in [2.75, 3.05) is 0 Å². The second-order valence-electron chi connectivity index (χ2n) is 5.32. The molecule has 1 unspecified atom stereocenters. The standard InChI is InChI=1S/C16H18BrN3/c17-15-6-11(9-19-10-15)7-16(20-18)14-5-4-12-2-1-3-13(12)8-14/h4-6,8-10,16,20H,1-3,7,18H2. The molecule has 3 nitrogen and oxygen atoms in total. The average molecular weight is 332 g/mol. The van der Waals surface area contributed by atoms with Crippen molar-refractivity contribution in [2.45, 2.75) is 31.7 Å². The van der Waals surface area contributed by atoms with Gasteiger partial charge in [0.2, 0.25) is 0 Å². The Morgan fingerprint density at radius 2 is 2.05 bits per heavy atom. The number of pyridine rings is 1. The van der Waals surface area contributed by atoms with Crippen molar-refractivity contribution < 1.29 is 0 Å². The molecule has 2 aromatic rings. The molecule has 0 bridgehead atoms. The molecule has 1 aliphatic rings. The van der Waals surface area contributed by atoms with Crippen LogP contribution >= 0.6 is 15.9 Å². The van der Waals surface area contributed by atoms with Gasteiger partial charge in [-0.05, 0) is 69.9 Å². The van der Waals surface area contributed by atoms with E-state index in [1.54, 1.807) is 6.20 Å². The number of nitrogens with zero attached hydrogens (tertiary/aromatic N) is 1. The van der Waals surface area contributed by atoms with Gasteiger partial charge in [0, 0.05) is 16.9 Å². The topological polar surface area (TPSA) is 50.9 Å². The van der Waals surface area contributed by atoms with Crippen molar-refractivity contribution in [3.05, 3.63) is 63.4 Å². The minimum atomic E-state index is 0.122. The summed E-state index contributed by atoms with van der Waals surface area (Å²) < 4.78 is 1.000. The highest BCUT2D eigenvalue weighted by molar-refractivity contribution is 9.10. The molecule has 0 amide bonds. The van der Waals surface area contributed by atoms with E-state index in [1.807, 2.05) is 6.20 Å². The van der Waals surface area contributed by atoms with Crippen LogP contribution in [0, 0.1) is 0 Å². The van der Waals surface area contributed by atoms with Crippen molar-refractivity contribution in [3.63, 3.8) is 0 Å². The molecular weight excluding hydrogens is 314 g/mol. The Morgan fingerprint density at radius 3 is 2.85 bits per heavy atom. The molecule has 0 aliphatic heterocycles. The average Bonchev–Trinajstić information content (AvgIpc) is 2.92. The first-order valence-electron chi connectivity index (χ1n) is 6.93. The Bertz CT molecular complexity index is 612. The molecule has 1 aromatic heterocycles. The fourth-order valence-electron chi connectivity index (χ4n) is 2.88. The molecule has 0 spiro atoms. The number of fused-ring (bicyclic) bond motifs is 1. The van der Waals surface area contributed by atoms with Gasteiger partial charge in [0.15, 0.2) is 0 Å². The molecule has 3 N–H and O–H groups in total. The lowest BCUT2D eigenvalue weighted by atomic mass is 9.97. The van der Waals surface area contributed by atoms with E-state index in [9.17, 15) is 0 Å². The molecule has 104 valence electrons. The van der Waals surface area contributed by atoms with Crippen LogP contribution in [0.5, 0.6) is 0 Å². The number of halogens is 1. The van der Waals surface area contributed by atoms with Crippen LogP contribution in [0.15, 0.2) is 41.1 Å². The molecule has 1 atom stereocenters. The molecule has 20 heavy (non-hydrogen) atoms. The third-order valence-corrected chi connectivity index (χ3v) is 4.36. The molecule has 1 heterocycles. The summed E-state index contributed by atoms with van der Waals surface area (Å²) in [6, 6.07) is 8.96. The predicted octanol–water partition coefficient (Wildman–Crippen LogP) is 3.08. The fraction of sp³-hybridized carbons (Fsp3) is 0.312. The summed E-state index contributed by atoms with van der Waals surface area (Å²) in [5.41, 5.74) is 8.34. The van der Waals surface area contributed by atoms with Gasteiger partial charge in [0.25, 0.3) is 0 Å². The van der Waals surface area contributed by atoms with E-state index in [4.69, 9.17) is 5.84 Å². The summed E-state index contributed by atoms with van der Waals surface area (Å²) in [6.45, 7) is 0. The van der Waals surface area contributed by atoms with Crippen molar-refractivity contribution >= 4 is 15.9 Å². The Kier molecular flexibility index (Phi) is 4.15. The largest absolute Gasteiger partial charge is 0.271 e. The third kappa shape index (κ3) is 2.92. The SMILES string of the molecule is NNC(Cc1cncc(Br)c1)c1ccc2c(c1)CCC2. The van der Waals surface area contributed by atoms with Gasteiger partial charge in [-0.2, -0.15) is 0 Å². The van der Waals surface area contributed by atoms with Crippen LogP contribution in [0.4, 0.5) is 0 Å². The summed E-state index contributed by atoms with van der Waals surface area (Å²) >= 11 is 3.46. The van der Waals surface area contributed by atoms with Crippen LogP contribution in [-0.4, -0.2) is 4.98 Å². The zero-order valence-corrected chi connectivity index (χ0v) is 12.9. The van der Waals surface area contributed by atoms with Gasteiger partial charge >= 0.3 is 0 Å². The molecule has 0 radical (unpaired) electrons. The summed E-state index contributed by atoms with van der Waals surface area (Å²) in [5.74, 6) is 5.75. The molecule has 3 rings (SSSR count). The number of hydrogen-bond donors (Lipinski definition) is 2. The monoisotopic (exact) mass is 331 g/mol. The number of nitrogens with two attached hydrogens (primary N) is 1. The van der Waals surface area contributed by atoms with Gasteiger partial charge in [-0.25, -0.2) is 0 Å². The van der Waals surface area contributed by atoms with Crippen molar-refractivity contribution in [1.82, 2.24) is 10.4 Å². The van der Waals surface area contributed by atoms with Gasteiger partial charge < -0.3 is 0 Å². The summed E-state index contributed by atoms with van der Waals surface area (Å²) in [5, 5.41) is 0. The lowest BCUT2D eigenvalue weighted by Gasteiger charge is -2.17. The van der Waals surface area contributed by atoms with Gasteiger partial charge in [-0.1, -0.05) is 18.2 Å². The predicted molar refractivity (Wildman–Crippen MR) is 84.2 cm³/mol. The normalized spacial score (nSPS) is 15.1. The maximum absolute atomic E-state index is 5.75. The third-order valence-electron chi connectivity index (χ3n) is 3.93. The number of aryl methyl sites for hydroxylation is 2. The minimum absolute atomic E-state index is 0.122. The van der Waals surface area contributed by atoms with Crippen LogP contribution in [-0.2, 0) is 19.3 Å². The highest BCUT2D eigenvalue weighted by Crippen LogP contribution is 2.27. The first kappa shape index (κ1) is 13.7. The first-order valence-corrected chi connectivity index (χ1v) is 7.73. The smallest absolute Gasteiger partial charge is 0.0500 e. The summed E-state index contributed by atoms with van der Waals surface area (Å²) in [7, 11) is 0. The number of hydrazine groups is 1. The fourth-order valence-corrected chi connectivity index (χ4v) is 3.30. The molecule has 0 fully saturated rings. The van der Waals surface area contributed by atoms with Crippen LogP contribution < -0.4 is 11.3 Å². The quantitative estimate of drug-likeness (QED) is 0.668. The molecule has 1 aromatic carbocycles. The number of hydrogen-bond acceptors (Lipinski definition) is 3. The maximum Gasteiger partial charge on any atom is 0.0500 e. The lowest BCUT2D eigenvalue weighted by molar-refractivity contribution is 0.550. The van der Waals surface area contributed by atoms with Crippen molar-refractivity contribution in [1.29, 1.82) is 0 Å². The second-order valence-corrected chi connectivity index (χ2v) is 6.23. The highest BCUT2D eigenvalue weighted by atomic mass is 79.9. The van der Waals surface area contributed by atoms with Gasteiger partial charge in [0.05, 0.1) is 6.04 Å². The van der Waals surface area contributed by atoms with Gasteiger partial charge in [-0.15, -0.1) is 0 Å². The second kappa shape index (κ2) is 6.04. The minimum Gasteiger partial charge on any atom is -0.271 e. The Labute approximate surface area is 127 Å². The zero-order chi connectivity index (χ0) is 13.9. The van der Waals surface area contributed by atoms with Gasteiger partial charge in [-0.3, -0.25) is 16.3 Å². The van der Waals surface area contributed by atoms with E-state index >= 15 is 0 Å². The maximum atomic E-state index is 5.75. The van der Waals surface area contributed by atoms with E-state index in [0.717, 1.165) is 10.9 Å². The number of benzene rings is 1. The van der Waals surface area contributed by atoms with E-state index in [0.29, 0.717) is 0 Å². The Balaban J connectivity index is 1.83. The highest BCUT2D eigenvalue weighted by Gasteiger charge is 2.16. The van der Waals surface area contributed by atoms with Crippen LogP contribution in [0.2, 0.25) is 0 Å². The van der Waals surface area contributed by atoms with Crippen LogP contribution in [0.1, 0.15) is 34.7 Å². The summed E-state index contributed by atoms with van der Waals surface area (Å²) in [4.78, 5) is 4.21. The molecular formula is C16H18BrN3.